The van der Waals surface area contributed by atoms with Crippen LogP contribution in [-0.2, 0) is 14.4 Å². The first kappa shape index (κ1) is 22.3. The maximum atomic E-state index is 14.4. The van der Waals surface area contributed by atoms with Crippen LogP contribution in [-0.4, -0.2) is 29.3 Å². The van der Waals surface area contributed by atoms with Crippen molar-refractivity contribution in [3.8, 4) is 11.3 Å². The van der Waals surface area contributed by atoms with Crippen molar-refractivity contribution in [1.82, 2.24) is 4.98 Å². The van der Waals surface area contributed by atoms with Crippen LogP contribution in [0.2, 0.25) is 0 Å². The van der Waals surface area contributed by atoms with Gasteiger partial charge in [0.05, 0.1) is 5.69 Å². The molecule has 7 nitrogen and oxygen atoms in total. The molecule has 9 heteroatoms. The fourth-order valence-electron chi connectivity index (χ4n) is 3.46. The normalized spacial score (nSPS) is 13.5. The minimum Gasteiger partial charge on any atom is -0.326 e. The predicted octanol–water partition coefficient (Wildman–Crippen LogP) is 4.69. The highest BCUT2D eigenvalue weighted by molar-refractivity contribution is 7.14. The molecule has 3 aromatic rings. The summed E-state index contributed by atoms with van der Waals surface area (Å²) in [7, 11) is 0. The average Bonchev–Trinajstić information content (AvgIpc) is 3.41. The summed E-state index contributed by atoms with van der Waals surface area (Å²) < 4.78 is 14.4. The number of carbonyl (C=O) groups is 3. The number of hydrogen-bond acceptors (Lipinski definition) is 5. The third-order valence-corrected chi connectivity index (χ3v) is 5.76. The number of amides is 3. The topological polar surface area (TPSA) is 91.4 Å². The minimum atomic E-state index is -0.525. The highest BCUT2D eigenvalue weighted by Gasteiger charge is 2.21. The number of carbonyl (C=O) groups excluding carboxylic acids is 3. The third kappa shape index (κ3) is 5.50. The lowest BCUT2D eigenvalue weighted by Crippen LogP contribution is -2.23. The van der Waals surface area contributed by atoms with Crippen LogP contribution < -0.4 is 15.5 Å². The summed E-state index contributed by atoms with van der Waals surface area (Å²) in [6, 6.07) is 11.8. The summed E-state index contributed by atoms with van der Waals surface area (Å²) in [6.45, 7) is 2.08. The molecule has 4 rings (SSSR count). The second-order valence-electron chi connectivity index (χ2n) is 7.48. The molecule has 1 saturated heterocycles. The third-order valence-electron chi connectivity index (χ3n) is 5.01. The molecule has 33 heavy (non-hydrogen) atoms. The van der Waals surface area contributed by atoms with Crippen molar-refractivity contribution in [1.29, 1.82) is 0 Å². The van der Waals surface area contributed by atoms with Gasteiger partial charge < -0.3 is 10.2 Å². The Bertz CT molecular complexity index is 1240. The smallest absolute Gasteiger partial charge is 0.250 e. The van der Waals surface area contributed by atoms with E-state index in [4.69, 9.17) is 0 Å². The van der Waals surface area contributed by atoms with Crippen LogP contribution in [0.15, 0.2) is 53.9 Å². The van der Waals surface area contributed by atoms with Crippen molar-refractivity contribution in [2.45, 2.75) is 19.8 Å². The van der Waals surface area contributed by atoms with Crippen LogP contribution in [0, 0.1) is 5.82 Å². The maximum absolute atomic E-state index is 14.4. The summed E-state index contributed by atoms with van der Waals surface area (Å²) in [5.74, 6) is -1.05. The van der Waals surface area contributed by atoms with E-state index in [-0.39, 0.29) is 23.3 Å². The van der Waals surface area contributed by atoms with Gasteiger partial charge in [-0.05, 0) is 48.4 Å². The van der Waals surface area contributed by atoms with E-state index < -0.39 is 5.82 Å². The second kappa shape index (κ2) is 9.74. The molecule has 2 heterocycles. The Morgan fingerprint density at radius 1 is 1.15 bits per heavy atom. The molecule has 0 atom stereocenters. The van der Waals surface area contributed by atoms with Crippen LogP contribution in [0.1, 0.15) is 25.3 Å². The summed E-state index contributed by atoms with van der Waals surface area (Å²) in [4.78, 5) is 41.2. The van der Waals surface area contributed by atoms with Gasteiger partial charge in [-0.15, -0.1) is 11.3 Å². The number of halogens is 1. The standard InChI is InChI=1S/C24H21FN4O3S/c1-15(30)26-17-7-10-19(20(25)13-17)21-14-33-24(27-21)28-22(31)11-6-16-4-8-18(9-5-16)29-12-2-3-23(29)32/h4-11,13-14H,2-3,12H2,1H3,(H,26,30)(H,27,28,31)/b11-6+. The molecule has 1 fully saturated rings. The molecule has 2 aromatic carbocycles. The van der Waals surface area contributed by atoms with E-state index in [9.17, 15) is 18.8 Å². The predicted molar refractivity (Wildman–Crippen MR) is 128 cm³/mol. The first-order chi connectivity index (χ1) is 15.9. The van der Waals surface area contributed by atoms with E-state index in [0.717, 1.165) is 24.2 Å². The average molecular weight is 465 g/mol. The van der Waals surface area contributed by atoms with E-state index in [1.54, 1.807) is 22.4 Å². The Kier molecular flexibility index (Phi) is 6.60. The van der Waals surface area contributed by atoms with Crippen LogP contribution in [0.3, 0.4) is 0 Å². The van der Waals surface area contributed by atoms with Gasteiger partial charge in [-0.25, -0.2) is 9.37 Å². The lowest BCUT2D eigenvalue weighted by Gasteiger charge is -2.15. The first-order valence-electron chi connectivity index (χ1n) is 10.3. The summed E-state index contributed by atoms with van der Waals surface area (Å²) in [5.41, 5.74) is 2.69. The highest BCUT2D eigenvalue weighted by Crippen LogP contribution is 2.29. The number of hydrogen-bond donors (Lipinski definition) is 2. The number of aromatic nitrogens is 1. The van der Waals surface area contributed by atoms with Crippen LogP contribution in [0.25, 0.3) is 17.3 Å². The van der Waals surface area contributed by atoms with Crippen molar-refractivity contribution in [3.05, 3.63) is 65.3 Å². The van der Waals surface area contributed by atoms with E-state index in [0.29, 0.717) is 22.9 Å². The number of anilines is 3. The highest BCUT2D eigenvalue weighted by atomic mass is 32.1. The molecule has 0 spiro atoms. The minimum absolute atomic E-state index is 0.129. The summed E-state index contributed by atoms with van der Waals surface area (Å²) >= 11 is 1.18. The summed E-state index contributed by atoms with van der Waals surface area (Å²) in [5, 5.41) is 7.18. The van der Waals surface area contributed by atoms with Crippen molar-refractivity contribution in [2.24, 2.45) is 0 Å². The van der Waals surface area contributed by atoms with Crippen molar-refractivity contribution in [3.63, 3.8) is 0 Å². The van der Waals surface area contributed by atoms with Crippen LogP contribution in [0.4, 0.5) is 20.9 Å². The molecule has 0 unspecified atom stereocenters. The molecule has 2 N–H and O–H groups in total. The fourth-order valence-corrected chi connectivity index (χ4v) is 4.18. The molecule has 0 bridgehead atoms. The monoisotopic (exact) mass is 464 g/mol. The largest absolute Gasteiger partial charge is 0.326 e. The van der Waals surface area contributed by atoms with Gasteiger partial charge in [0, 0.05) is 48.3 Å². The zero-order valence-corrected chi connectivity index (χ0v) is 18.6. The molecule has 0 saturated carbocycles. The number of rotatable bonds is 6. The molecule has 0 radical (unpaired) electrons. The van der Waals surface area contributed by atoms with E-state index >= 15 is 0 Å². The van der Waals surface area contributed by atoms with Gasteiger partial charge in [0.2, 0.25) is 17.7 Å². The van der Waals surface area contributed by atoms with Crippen molar-refractivity contribution in [2.75, 3.05) is 22.1 Å². The molecular weight excluding hydrogens is 443 g/mol. The number of thiazole rings is 1. The van der Waals surface area contributed by atoms with Crippen LogP contribution in [0.5, 0.6) is 0 Å². The fraction of sp³-hybridized carbons (Fsp3) is 0.167. The van der Waals surface area contributed by atoms with Gasteiger partial charge in [-0.1, -0.05) is 12.1 Å². The molecule has 1 aromatic heterocycles. The molecule has 1 aliphatic heterocycles. The molecule has 3 amide bonds. The van der Waals surface area contributed by atoms with Gasteiger partial charge in [0.1, 0.15) is 5.82 Å². The van der Waals surface area contributed by atoms with Crippen LogP contribution >= 0.6 is 11.3 Å². The van der Waals surface area contributed by atoms with Crippen molar-refractivity contribution >= 4 is 51.6 Å². The Morgan fingerprint density at radius 2 is 1.94 bits per heavy atom. The lowest BCUT2D eigenvalue weighted by molar-refractivity contribution is -0.117. The molecule has 1 aliphatic rings. The quantitative estimate of drug-likeness (QED) is 0.518. The number of nitrogens with zero attached hydrogens (tertiary/aromatic N) is 2. The maximum Gasteiger partial charge on any atom is 0.250 e. The van der Waals surface area contributed by atoms with Crippen molar-refractivity contribution < 1.29 is 18.8 Å². The van der Waals surface area contributed by atoms with E-state index in [2.05, 4.69) is 15.6 Å². The summed E-state index contributed by atoms with van der Waals surface area (Å²) in [6.07, 6.45) is 4.50. The van der Waals surface area contributed by atoms with Gasteiger partial charge in [0.25, 0.3) is 0 Å². The van der Waals surface area contributed by atoms with Gasteiger partial charge >= 0.3 is 0 Å². The van der Waals surface area contributed by atoms with E-state index in [1.807, 2.05) is 24.3 Å². The Hall–Kier alpha value is -3.85. The Balaban J connectivity index is 1.37. The van der Waals surface area contributed by atoms with Gasteiger partial charge in [-0.2, -0.15) is 0 Å². The molecule has 0 aliphatic carbocycles. The SMILES string of the molecule is CC(=O)Nc1ccc(-c2csc(NC(=O)/C=C/c3ccc(N4CCCC4=O)cc3)n2)c(F)c1. The Morgan fingerprint density at radius 3 is 2.61 bits per heavy atom. The lowest BCUT2D eigenvalue weighted by atomic mass is 10.1. The Labute approximate surface area is 194 Å². The molecule has 168 valence electrons. The zero-order chi connectivity index (χ0) is 23.4. The number of nitrogens with one attached hydrogen (secondary N) is 2. The van der Waals surface area contributed by atoms with Gasteiger partial charge in [0.15, 0.2) is 5.13 Å². The van der Waals surface area contributed by atoms with E-state index in [1.165, 1.54) is 36.5 Å². The zero-order valence-electron chi connectivity index (χ0n) is 17.8. The second-order valence-corrected chi connectivity index (χ2v) is 8.33. The van der Waals surface area contributed by atoms with Gasteiger partial charge in [-0.3, -0.25) is 19.7 Å². The molecular formula is C24H21FN4O3S. The first-order valence-corrected chi connectivity index (χ1v) is 11.2. The number of benzene rings is 2.